The van der Waals surface area contributed by atoms with Gasteiger partial charge in [-0.25, -0.2) is 0 Å². The van der Waals surface area contributed by atoms with Gasteiger partial charge in [0.2, 0.25) is 0 Å². The Bertz CT molecular complexity index is 734. The van der Waals surface area contributed by atoms with E-state index in [1.165, 1.54) is 19.8 Å². The molecule has 0 aliphatic carbocycles. The summed E-state index contributed by atoms with van der Waals surface area (Å²) in [7, 11) is 2.80. The zero-order chi connectivity index (χ0) is 19.4. The minimum atomic E-state index is -0.227. The molecule has 26 heavy (non-hydrogen) atoms. The molecule has 0 aliphatic heterocycles. The highest BCUT2D eigenvalue weighted by Gasteiger charge is 2.06. The summed E-state index contributed by atoms with van der Waals surface area (Å²) >= 11 is 0. The molecule has 0 atom stereocenters. The number of ether oxygens (including phenoxy) is 2. The van der Waals surface area contributed by atoms with Gasteiger partial charge in [-0.05, 0) is 28.7 Å². The average Bonchev–Trinajstić information content (AvgIpc) is 2.69. The van der Waals surface area contributed by atoms with Crippen LogP contribution in [0.25, 0.3) is 6.08 Å². The molecule has 0 amide bonds. The van der Waals surface area contributed by atoms with Crippen molar-refractivity contribution < 1.29 is 19.1 Å². The maximum Gasteiger partial charge on any atom is 0.309 e. The fourth-order valence-corrected chi connectivity index (χ4v) is 2.42. The third-order valence-electron chi connectivity index (χ3n) is 3.90. The Morgan fingerprint density at radius 3 is 1.81 bits per heavy atom. The molecule has 0 aromatic heterocycles. The monoisotopic (exact) mass is 354 g/mol. The van der Waals surface area contributed by atoms with Crippen molar-refractivity contribution >= 4 is 18.0 Å². The smallest absolute Gasteiger partial charge is 0.309 e. The van der Waals surface area contributed by atoms with Gasteiger partial charge in [-0.1, -0.05) is 68.1 Å². The standard InChI is InChI=1S/C11H14O2.C11H12O2/c2*1-3-9-6-4-5-7-10(9)8-11(12)13-2/h4-7H,3,8H2,1-2H3;3-7H,1,8H2,2H3. The molecule has 0 saturated heterocycles. The summed E-state index contributed by atoms with van der Waals surface area (Å²) in [6.07, 6.45) is 3.37. The summed E-state index contributed by atoms with van der Waals surface area (Å²) in [6, 6.07) is 15.6. The number of rotatable bonds is 6. The predicted molar refractivity (Wildman–Crippen MR) is 104 cm³/mol. The van der Waals surface area contributed by atoms with E-state index >= 15 is 0 Å². The SMILES string of the molecule is C=Cc1ccccc1CC(=O)OC.CCc1ccccc1CC(=O)OC. The van der Waals surface area contributed by atoms with Crippen molar-refractivity contribution in [1.29, 1.82) is 0 Å². The van der Waals surface area contributed by atoms with Gasteiger partial charge in [0.1, 0.15) is 0 Å². The molecule has 4 heteroatoms. The Morgan fingerprint density at radius 1 is 0.846 bits per heavy atom. The number of benzene rings is 2. The van der Waals surface area contributed by atoms with Gasteiger partial charge in [0.15, 0.2) is 0 Å². The third kappa shape index (κ3) is 6.93. The first kappa shape index (κ1) is 21.2. The molecule has 2 aromatic carbocycles. The predicted octanol–water partition coefficient (Wildman–Crippen LogP) is 4.01. The van der Waals surface area contributed by atoms with Crippen molar-refractivity contribution in [2.45, 2.75) is 26.2 Å². The zero-order valence-corrected chi connectivity index (χ0v) is 15.7. The van der Waals surface area contributed by atoms with Crippen molar-refractivity contribution in [2.75, 3.05) is 14.2 Å². The second-order valence-electron chi connectivity index (χ2n) is 5.53. The second-order valence-corrected chi connectivity index (χ2v) is 5.53. The van der Waals surface area contributed by atoms with Crippen LogP contribution in [0, 0.1) is 0 Å². The first-order valence-corrected chi connectivity index (χ1v) is 8.46. The van der Waals surface area contributed by atoms with E-state index in [9.17, 15) is 9.59 Å². The maximum absolute atomic E-state index is 11.0. The topological polar surface area (TPSA) is 52.6 Å². The van der Waals surface area contributed by atoms with E-state index in [1.54, 1.807) is 6.08 Å². The van der Waals surface area contributed by atoms with Crippen LogP contribution in [0.4, 0.5) is 0 Å². The summed E-state index contributed by atoms with van der Waals surface area (Å²) in [5.41, 5.74) is 4.21. The fraction of sp³-hybridized carbons (Fsp3) is 0.273. The Kier molecular flexibility index (Phi) is 9.47. The van der Waals surface area contributed by atoms with Gasteiger partial charge in [-0.3, -0.25) is 9.59 Å². The van der Waals surface area contributed by atoms with Gasteiger partial charge >= 0.3 is 11.9 Å². The Labute approximate surface area is 155 Å². The first-order chi connectivity index (χ1) is 12.5. The fourth-order valence-electron chi connectivity index (χ4n) is 2.42. The van der Waals surface area contributed by atoms with E-state index in [1.807, 2.05) is 48.5 Å². The first-order valence-electron chi connectivity index (χ1n) is 8.46. The maximum atomic E-state index is 11.0. The summed E-state index contributed by atoms with van der Waals surface area (Å²) in [5.74, 6) is -0.407. The molecule has 0 fully saturated rings. The van der Waals surface area contributed by atoms with E-state index in [2.05, 4.69) is 23.0 Å². The molecular weight excluding hydrogens is 328 g/mol. The third-order valence-corrected chi connectivity index (χ3v) is 3.90. The average molecular weight is 354 g/mol. The number of carbonyl (C=O) groups excluding carboxylic acids is 2. The summed E-state index contributed by atoms with van der Waals surface area (Å²) in [4.78, 5) is 22.0. The lowest BCUT2D eigenvalue weighted by Gasteiger charge is -2.05. The van der Waals surface area contributed by atoms with Crippen LogP contribution < -0.4 is 0 Å². The molecule has 0 aliphatic rings. The molecule has 0 unspecified atom stereocenters. The van der Waals surface area contributed by atoms with Crippen molar-refractivity contribution in [2.24, 2.45) is 0 Å². The van der Waals surface area contributed by atoms with Crippen molar-refractivity contribution in [1.82, 2.24) is 0 Å². The number of esters is 2. The number of carbonyl (C=O) groups is 2. The van der Waals surface area contributed by atoms with Crippen LogP contribution in [0.3, 0.4) is 0 Å². The lowest BCUT2D eigenvalue weighted by molar-refractivity contribution is -0.140. The highest BCUT2D eigenvalue weighted by molar-refractivity contribution is 5.74. The lowest BCUT2D eigenvalue weighted by Crippen LogP contribution is -2.06. The molecule has 0 heterocycles. The molecule has 4 nitrogen and oxygen atoms in total. The number of methoxy groups -OCH3 is 2. The van der Waals surface area contributed by atoms with E-state index in [0.29, 0.717) is 12.8 Å². The van der Waals surface area contributed by atoms with Crippen LogP contribution in [0.5, 0.6) is 0 Å². The highest BCUT2D eigenvalue weighted by Crippen LogP contribution is 2.11. The van der Waals surface area contributed by atoms with Crippen molar-refractivity contribution in [3.8, 4) is 0 Å². The number of hydrogen-bond acceptors (Lipinski definition) is 4. The van der Waals surface area contributed by atoms with Crippen LogP contribution in [0.2, 0.25) is 0 Å². The van der Waals surface area contributed by atoms with Gasteiger partial charge in [-0.2, -0.15) is 0 Å². The van der Waals surface area contributed by atoms with Crippen molar-refractivity contribution in [3.05, 3.63) is 77.4 Å². The highest BCUT2D eigenvalue weighted by atomic mass is 16.5. The Morgan fingerprint density at radius 2 is 1.31 bits per heavy atom. The lowest BCUT2D eigenvalue weighted by atomic mass is 10.0. The normalized spacial score (nSPS) is 9.50. The Hall–Kier alpha value is -2.88. The molecule has 2 aromatic rings. The van der Waals surface area contributed by atoms with Crippen LogP contribution in [-0.4, -0.2) is 26.2 Å². The van der Waals surface area contributed by atoms with Crippen LogP contribution in [0.1, 0.15) is 29.2 Å². The molecule has 2 rings (SSSR count). The molecular formula is C22H26O4. The molecule has 0 N–H and O–H groups in total. The number of aryl methyl sites for hydroxylation is 1. The van der Waals surface area contributed by atoms with E-state index in [-0.39, 0.29) is 11.9 Å². The van der Waals surface area contributed by atoms with E-state index in [4.69, 9.17) is 0 Å². The van der Waals surface area contributed by atoms with Crippen molar-refractivity contribution in [3.63, 3.8) is 0 Å². The Balaban J connectivity index is 0.000000260. The summed E-state index contributed by atoms with van der Waals surface area (Å²) in [5, 5.41) is 0. The van der Waals surface area contributed by atoms with Gasteiger partial charge in [-0.15, -0.1) is 0 Å². The molecule has 138 valence electrons. The minimum Gasteiger partial charge on any atom is -0.469 e. The number of hydrogen-bond donors (Lipinski definition) is 0. The summed E-state index contributed by atoms with van der Waals surface area (Å²) < 4.78 is 9.20. The second kappa shape index (κ2) is 11.6. The van der Waals surface area contributed by atoms with Gasteiger partial charge < -0.3 is 9.47 Å². The largest absolute Gasteiger partial charge is 0.469 e. The quantitative estimate of drug-likeness (QED) is 0.736. The van der Waals surface area contributed by atoms with Crippen LogP contribution >= 0.6 is 0 Å². The van der Waals surface area contributed by atoms with Gasteiger partial charge in [0.25, 0.3) is 0 Å². The van der Waals surface area contributed by atoms with Crippen LogP contribution in [0.15, 0.2) is 55.1 Å². The van der Waals surface area contributed by atoms with E-state index in [0.717, 1.165) is 23.1 Å². The molecule has 0 radical (unpaired) electrons. The van der Waals surface area contributed by atoms with Gasteiger partial charge in [0, 0.05) is 0 Å². The molecule has 0 saturated carbocycles. The molecule has 0 bridgehead atoms. The van der Waals surface area contributed by atoms with E-state index < -0.39 is 0 Å². The van der Waals surface area contributed by atoms with Gasteiger partial charge in [0.05, 0.1) is 27.1 Å². The zero-order valence-electron chi connectivity index (χ0n) is 15.7. The van der Waals surface area contributed by atoms with Crippen LogP contribution in [-0.2, 0) is 38.3 Å². The summed E-state index contributed by atoms with van der Waals surface area (Å²) in [6.45, 7) is 5.75. The molecule has 0 spiro atoms. The minimum absolute atomic E-state index is 0.180.